The van der Waals surface area contributed by atoms with E-state index in [2.05, 4.69) is 15.2 Å². The SMILES string of the molecule is FC(F)(F)Sc1ccc(CN2CCNCC2c2ccncc2)cc1. The number of halogens is 3. The number of alkyl halides is 3. The number of benzene rings is 1. The van der Waals surface area contributed by atoms with Gasteiger partial charge in [-0.3, -0.25) is 9.88 Å². The summed E-state index contributed by atoms with van der Waals surface area (Å²) in [5.74, 6) is 0. The van der Waals surface area contributed by atoms with E-state index in [1.165, 1.54) is 17.7 Å². The van der Waals surface area contributed by atoms with Crippen molar-refractivity contribution in [3.8, 4) is 0 Å². The van der Waals surface area contributed by atoms with Crippen molar-refractivity contribution in [3.63, 3.8) is 0 Å². The minimum Gasteiger partial charge on any atom is -0.314 e. The van der Waals surface area contributed by atoms with Crippen molar-refractivity contribution in [2.45, 2.75) is 23.0 Å². The first kappa shape index (κ1) is 17.3. The summed E-state index contributed by atoms with van der Waals surface area (Å²) in [6.45, 7) is 3.37. The number of hydrogen-bond donors (Lipinski definition) is 1. The lowest BCUT2D eigenvalue weighted by atomic mass is 10.0. The third kappa shape index (κ3) is 4.72. The topological polar surface area (TPSA) is 28.2 Å². The van der Waals surface area contributed by atoms with Crippen molar-refractivity contribution in [1.29, 1.82) is 0 Å². The van der Waals surface area contributed by atoms with Gasteiger partial charge in [0.1, 0.15) is 0 Å². The number of piperazine rings is 1. The fourth-order valence-electron chi connectivity index (χ4n) is 2.88. The fourth-order valence-corrected chi connectivity index (χ4v) is 3.42. The maximum Gasteiger partial charge on any atom is 0.446 e. The Morgan fingerprint density at radius 3 is 2.50 bits per heavy atom. The van der Waals surface area contributed by atoms with E-state index in [-0.39, 0.29) is 22.7 Å². The Bertz CT molecular complexity index is 646. The van der Waals surface area contributed by atoms with Gasteiger partial charge in [0.05, 0.1) is 0 Å². The second kappa shape index (κ2) is 7.55. The highest BCUT2D eigenvalue weighted by molar-refractivity contribution is 8.00. The van der Waals surface area contributed by atoms with E-state index in [9.17, 15) is 13.2 Å². The first-order valence-corrected chi connectivity index (χ1v) is 8.52. The molecule has 0 saturated carbocycles. The Morgan fingerprint density at radius 2 is 1.83 bits per heavy atom. The van der Waals surface area contributed by atoms with Crippen LogP contribution in [0.1, 0.15) is 17.2 Å². The molecule has 1 aromatic heterocycles. The minimum atomic E-state index is -4.24. The average Bonchev–Trinajstić information content (AvgIpc) is 2.57. The van der Waals surface area contributed by atoms with Gasteiger partial charge in [0.25, 0.3) is 0 Å². The molecular formula is C17H18F3N3S. The molecule has 0 bridgehead atoms. The summed E-state index contributed by atoms with van der Waals surface area (Å²) in [6, 6.07) is 10.9. The molecule has 3 nitrogen and oxygen atoms in total. The Hall–Kier alpha value is -1.57. The molecule has 1 saturated heterocycles. The molecule has 3 rings (SSSR count). The zero-order valence-electron chi connectivity index (χ0n) is 13.0. The van der Waals surface area contributed by atoms with E-state index >= 15 is 0 Å². The van der Waals surface area contributed by atoms with Gasteiger partial charge in [0.2, 0.25) is 0 Å². The highest BCUT2D eigenvalue weighted by Crippen LogP contribution is 2.36. The molecule has 1 aromatic carbocycles. The minimum absolute atomic E-state index is 0.0776. The molecule has 1 unspecified atom stereocenters. The number of hydrogen-bond acceptors (Lipinski definition) is 4. The van der Waals surface area contributed by atoms with E-state index in [0.717, 1.165) is 25.2 Å². The van der Waals surface area contributed by atoms with Crippen molar-refractivity contribution < 1.29 is 13.2 Å². The molecule has 24 heavy (non-hydrogen) atoms. The van der Waals surface area contributed by atoms with Gasteiger partial charge in [-0.2, -0.15) is 13.2 Å². The maximum atomic E-state index is 12.4. The molecule has 1 N–H and O–H groups in total. The lowest BCUT2D eigenvalue weighted by Crippen LogP contribution is -2.45. The third-order valence-corrected chi connectivity index (χ3v) is 4.73. The molecule has 2 aromatic rings. The predicted molar refractivity (Wildman–Crippen MR) is 88.6 cm³/mol. The Morgan fingerprint density at radius 1 is 1.12 bits per heavy atom. The quantitative estimate of drug-likeness (QED) is 0.846. The van der Waals surface area contributed by atoms with Gasteiger partial charge < -0.3 is 5.32 Å². The van der Waals surface area contributed by atoms with Crippen LogP contribution >= 0.6 is 11.8 Å². The Labute approximate surface area is 143 Å². The van der Waals surface area contributed by atoms with Crippen molar-refractivity contribution in [1.82, 2.24) is 15.2 Å². The summed E-state index contributed by atoms with van der Waals surface area (Å²) < 4.78 is 37.2. The summed E-state index contributed by atoms with van der Waals surface area (Å²) in [5.41, 5.74) is -2.03. The van der Waals surface area contributed by atoms with Gasteiger partial charge in [-0.1, -0.05) is 12.1 Å². The molecule has 1 atom stereocenters. The van der Waals surface area contributed by atoms with Crippen LogP contribution in [0.3, 0.4) is 0 Å². The molecule has 1 aliphatic heterocycles. The van der Waals surface area contributed by atoms with Crippen molar-refractivity contribution in [3.05, 3.63) is 59.9 Å². The van der Waals surface area contributed by atoms with Gasteiger partial charge in [0.15, 0.2) is 0 Å². The molecule has 7 heteroatoms. The van der Waals surface area contributed by atoms with Crippen molar-refractivity contribution in [2.75, 3.05) is 19.6 Å². The van der Waals surface area contributed by atoms with Crippen LogP contribution in [-0.4, -0.2) is 35.0 Å². The fraction of sp³-hybridized carbons (Fsp3) is 0.353. The zero-order valence-corrected chi connectivity index (χ0v) is 13.8. The van der Waals surface area contributed by atoms with Gasteiger partial charge in [-0.15, -0.1) is 0 Å². The van der Waals surface area contributed by atoms with E-state index < -0.39 is 5.51 Å². The third-order valence-electron chi connectivity index (χ3n) is 3.99. The Balaban J connectivity index is 1.69. The van der Waals surface area contributed by atoms with Crippen LogP contribution in [0.25, 0.3) is 0 Å². The highest BCUT2D eigenvalue weighted by Gasteiger charge is 2.29. The van der Waals surface area contributed by atoms with Crippen molar-refractivity contribution in [2.24, 2.45) is 0 Å². The van der Waals surface area contributed by atoms with Gasteiger partial charge in [-0.25, -0.2) is 0 Å². The summed E-state index contributed by atoms with van der Waals surface area (Å²) in [4.78, 5) is 6.62. The lowest BCUT2D eigenvalue weighted by Gasteiger charge is -2.36. The van der Waals surface area contributed by atoms with Crippen LogP contribution in [0.5, 0.6) is 0 Å². The van der Waals surface area contributed by atoms with E-state index in [4.69, 9.17) is 0 Å². The number of nitrogens with zero attached hydrogens (tertiary/aromatic N) is 2. The van der Waals surface area contributed by atoms with Crippen LogP contribution in [0.4, 0.5) is 13.2 Å². The number of nitrogens with one attached hydrogen (secondary N) is 1. The molecule has 1 aliphatic rings. The smallest absolute Gasteiger partial charge is 0.314 e. The Kier molecular flexibility index (Phi) is 5.43. The maximum absolute atomic E-state index is 12.4. The van der Waals surface area contributed by atoms with Gasteiger partial charge >= 0.3 is 5.51 Å². The van der Waals surface area contributed by atoms with Gasteiger partial charge in [-0.05, 0) is 47.2 Å². The van der Waals surface area contributed by atoms with Crippen LogP contribution < -0.4 is 5.32 Å². The van der Waals surface area contributed by atoms with Crippen molar-refractivity contribution >= 4 is 11.8 Å². The highest BCUT2D eigenvalue weighted by atomic mass is 32.2. The van der Waals surface area contributed by atoms with E-state index in [1.807, 2.05) is 12.1 Å². The lowest BCUT2D eigenvalue weighted by molar-refractivity contribution is -0.0328. The normalized spacial score (nSPS) is 19.4. The molecule has 2 heterocycles. The number of aromatic nitrogens is 1. The van der Waals surface area contributed by atoms with E-state index in [0.29, 0.717) is 6.54 Å². The summed E-state index contributed by atoms with van der Waals surface area (Å²) >= 11 is -0.0776. The van der Waals surface area contributed by atoms with Crippen LogP contribution in [0.15, 0.2) is 53.7 Å². The molecule has 0 amide bonds. The average molecular weight is 353 g/mol. The second-order valence-electron chi connectivity index (χ2n) is 5.66. The molecule has 1 fully saturated rings. The summed E-state index contributed by atoms with van der Waals surface area (Å²) in [6.07, 6.45) is 3.57. The van der Waals surface area contributed by atoms with E-state index in [1.54, 1.807) is 24.5 Å². The largest absolute Gasteiger partial charge is 0.446 e. The first-order valence-electron chi connectivity index (χ1n) is 7.71. The van der Waals surface area contributed by atoms with Crippen LogP contribution in [0.2, 0.25) is 0 Å². The summed E-state index contributed by atoms with van der Waals surface area (Å²) in [7, 11) is 0. The first-order chi connectivity index (χ1) is 11.5. The standard InChI is InChI=1S/C17H18F3N3S/c18-17(19,20)24-15-3-1-13(2-4-15)12-23-10-9-22-11-16(23)14-5-7-21-8-6-14/h1-8,16,22H,9-12H2. The molecule has 0 aliphatic carbocycles. The number of thioether (sulfide) groups is 1. The molecule has 0 spiro atoms. The molecular weight excluding hydrogens is 335 g/mol. The predicted octanol–water partition coefficient (Wildman–Crippen LogP) is 3.84. The number of rotatable bonds is 4. The molecule has 0 radical (unpaired) electrons. The zero-order chi connectivity index (χ0) is 17.0. The van der Waals surface area contributed by atoms with Gasteiger partial charge in [0, 0.05) is 49.5 Å². The molecule has 128 valence electrons. The summed E-state index contributed by atoms with van der Waals surface area (Å²) in [5, 5.41) is 3.39. The van der Waals surface area contributed by atoms with Crippen LogP contribution in [-0.2, 0) is 6.54 Å². The second-order valence-corrected chi connectivity index (χ2v) is 6.80. The number of pyridine rings is 1. The monoisotopic (exact) mass is 353 g/mol. The van der Waals surface area contributed by atoms with Crippen LogP contribution in [0, 0.1) is 0 Å².